The van der Waals surface area contributed by atoms with Gasteiger partial charge in [-0.15, -0.1) is 0 Å². The lowest BCUT2D eigenvalue weighted by Gasteiger charge is -2.10. The number of hydrogen-bond donors (Lipinski definition) is 0. The quantitative estimate of drug-likeness (QED) is 0.450. The zero-order valence-corrected chi connectivity index (χ0v) is 11.4. The molecule has 2 rings (SSSR count). The van der Waals surface area contributed by atoms with Crippen LogP contribution in [0.2, 0.25) is 0 Å². The standard InChI is InChI=1S/C17H17NO2/c1-3-17(15-7-5-4-6-8-15)20-18-13-14-9-11-16(19-2)12-10-14/h3-13,17H,1H2,2H3/b18-13+/t17-/m0/s1. The van der Waals surface area contributed by atoms with Gasteiger partial charge in [0.1, 0.15) is 5.75 Å². The molecule has 0 aliphatic carbocycles. The fourth-order valence-electron chi connectivity index (χ4n) is 1.73. The molecule has 0 saturated carbocycles. The molecule has 0 aliphatic heterocycles. The SMILES string of the molecule is C=C[C@H](O/N=C/c1ccc(OC)cc1)c1ccccc1. The first-order valence-electron chi connectivity index (χ1n) is 6.34. The summed E-state index contributed by atoms with van der Waals surface area (Å²) in [6.07, 6.45) is 3.14. The molecule has 3 nitrogen and oxygen atoms in total. The van der Waals surface area contributed by atoms with E-state index in [2.05, 4.69) is 11.7 Å². The summed E-state index contributed by atoms with van der Waals surface area (Å²) in [6, 6.07) is 17.4. The van der Waals surface area contributed by atoms with Crippen LogP contribution in [0.15, 0.2) is 72.4 Å². The molecule has 20 heavy (non-hydrogen) atoms. The van der Waals surface area contributed by atoms with E-state index >= 15 is 0 Å². The van der Waals surface area contributed by atoms with Crippen LogP contribution < -0.4 is 4.74 Å². The van der Waals surface area contributed by atoms with Crippen LogP contribution in [0, 0.1) is 0 Å². The van der Waals surface area contributed by atoms with Crippen LogP contribution in [-0.2, 0) is 4.84 Å². The van der Waals surface area contributed by atoms with Gasteiger partial charge >= 0.3 is 0 Å². The summed E-state index contributed by atoms with van der Waals surface area (Å²) in [5, 5.41) is 4.01. The van der Waals surface area contributed by atoms with Gasteiger partial charge < -0.3 is 9.57 Å². The summed E-state index contributed by atoms with van der Waals surface area (Å²) in [5.41, 5.74) is 1.97. The Labute approximate surface area is 119 Å². The first-order chi connectivity index (χ1) is 9.83. The number of hydrogen-bond acceptors (Lipinski definition) is 3. The Bertz CT molecular complexity index is 561. The van der Waals surface area contributed by atoms with Gasteiger partial charge in [0.15, 0.2) is 6.10 Å². The Balaban J connectivity index is 1.99. The van der Waals surface area contributed by atoms with Crippen LogP contribution in [0.3, 0.4) is 0 Å². The predicted octanol–water partition coefficient (Wildman–Crippen LogP) is 3.97. The van der Waals surface area contributed by atoms with Crippen LogP contribution in [0.5, 0.6) is 5.75 Å². The molecule has 0 heterocycles. The maximum absolute atomic E-state index is 5.46. The van der Waals surface area contributed by atoms with E-state index in [0.717, 1.165) is 16.9 Å². The van der Waals surface area contributed by atoms with Crippen LogP contribution >= 0.6 is 0 Å². The van der Waals surface area contributed by atoms with Gasteiger partial charge in [0, 0.05) is 0 Å². The number of rotatable bonds is 6. The molecule has 0 fully saturated rings. The van der Waals surface area contributed by atoms with E-state index in [-0.39, 0.29) is 6.10 Å². The van der Waals surface area contributed by atoms with Crippen molar-refractivity contribution in [3.05, 3.63) is 78.4 Å². The molecule has 0 saturated heterocycles. The summed E-state index contributed by atoms with van der Waals surface area (Å²) >= 11 is 0. The van der Waals surface area contributed by atoms with Gasteiger partial charge in [-0.2, -0.15) is 0 Å². The van der Waals surface area contributed by atoms with Crippen molar-refractivity contribution in [2.24, 2.45) is 5.16 Å². The van der Waals surface area contributed by atoms with Crippen LogP contribution in [0.4, 0.5) is 0 Å². The van der Waals surface area contributed by atoms with Gasteiger partial charge in [-0.05, 0) is 41.5 Å². The van der Waals surface area contributed by atoms with Gasteiger partial charge in [0.05, 0.1) is 13.3 Å². The van der Waals surface area contributed by atoms with E-state index < -0.39 is 0 Å². The van der Waals surface area contributed by atoms with E-state index in [1.54, 1.807) is 19.4 Å². The van der Waals surface area contributed by atoms with Gasteiger partial charge in [0.2, 0.25) is 0 Å². The smallest absolute Gasteiger partial charge is 0.170 e. The highest BCUT2D eigenvalue weighted by Gasteiger charge is 2.06. The Hall–Kier alpha value is -2.55. The average molecular weight is 267 g/mol. The van der Waals surface area contributed by atoms with Crippen LogP contribution in [0.1, 0.15) is 17.2 Å². The normalized spacial score (nSPS) is 12.1. The Morgan fingerprint density at radius 2 is 1.75 bits per heavy atom. The number of methoxy groups -OCH3 is 1. The molecule has 0 aliphatic rings. The van der Waals surface area contributed by atoms with Crippen molar-refractivity contribution in [1.82, 2.24) is 0 Å². The summed E-state index contributed by atoms with van der Waals surface area (Å²) in [6.45, 7) is 3.77. The summed E-state index contributed by atoms with van der Waals surface area (Å²) in [4.78, 5) is 5.46. The fraction of sp³-hybridized carbons (Fsp3) is 0.118. The predicted molar refractivity (Wildman–Crippen MR) is 81.1 cm³/mol. The maximum Gasteiger partial charge on any atom is 0.170 e. The van der Waals surface area contributed by atoms with Crippen molar-refractivity contribution < 1.29 is 9.57 Å². The second kappa shape index (κ2) is 7.14. The molecule has 0 N–H and O–H groups in total. The first kappa shape index (κ1) is 13.9. The maximum atomic E-state index is 5.46. The topological polar surface area (TPSA) is 30.8 Å². The molecule has 1 atom stereocenters. The third-order valence-corrected chi connectivity index (χ3v) is 2.83. The number of benzene rings is 2. The van der Waals surface area contributed by atoms with Crippen molar-refractivity contribution in [2.45, 2.75) is 6.10 Å². The molecule has 0 radical (unpaired) electrons. The van der Waals surface area contributed by atoms with Gasteiger partial charge in [-0.3, -0.25) is 0 Å². The minimum atomic E-state index is -0.245. The number of nitrogens with zero attached hydrogens (tertiary/aromatic N) is 1. The van der Waals surface area contributed by atoms with E-state index in [0.29, 0.717) is 0 Å². The van der Waals surface area contributed by atoms with Crippen molar-refractivity contribution in [3.63, 3.8) is 0 Å². The fourth-order valence-corrected chi connectivity index (χ4v) is 1.73. The molecule has 3 heteroatoms. The number of oxime groups is 1. The lowest BCUT2D eigenvalue weighted by molar-refractivity contribution is 0.0945. The molecular weight excluding hydrogens is 250 g/mol. The Morgan fingerprint density at radius 1 is 1.05 bits per heavy atom. The number of ether oxygens (including phenoxy) is 1. The highest BCUT2D eigenvalue weighted by molar-refractivity contribution is 5.79. The molecule has 0 amide bonds. The molecule has 0 spiro atoms. The van der Waals surface area contributed by atoms with Crippen molar-refractivity contribution >= 4 is 6.21 Å². The largest absolute Gasteiger partial charge is 0.497 e. The van der Waals surface area contributed by atoms with E-state index in [1.807, 2.05) is 54.6 Å². The van der Waals surface area contributed by atoms with Crippen LogP contribution in [-0.4, -0.2) is 13.3 Å². The lowest BCUT2D eigenvalue weighted by atomic mass is 10.1. The molecular formula is C17H17NO2. The van der Waals surface area contributed by atoms with E-state index in [1.165, 1.54) is 0 Å². The van der Waals surface area contributed by atoms with E-state index in [9.17, 15) is 0 Å². The Morgan fingerprint density at radius 3 is 2.35 bits per heavy atom. The van der Waals surface area contributed by atoms with Crippen LogP contribution in [0.25, 0.3) is 0 Å². The highest BCUT2D eigenvalue weighted by atomic mass is 16.6. The second-order valence-electron chi connectivity index (χ2n) is 4.18. The summed E-state index contributed by atoms with van der Waals surface area (Å²) in [5.74, 6) is 0.816. The monoisotopic (exact) mass is 267 g/mol. The zero-order chi connectivity index (χ0) is 14.2. The third kappa shape index (κ3) is 3.72. The molecule has 0 bridgehead atoms. The molecule has 102 valence electrons. The minimum Gasteiger partial charge on any atom is -0.497 e. The van der Waals surface area contributed by atoms with Crippen molar-refractivity contribution in [3.8, 4) is 5.75 Å². The lowest BCUT2D eigenvalue weighted by Crippen LogP contribution is -1.96. The van der Waals surface area contributed by atoms with Crippen molar-refractivity contribution in [1.29, 1.82) is 0 Å². The van der Waals surface area contributed by atoms with Crippen molar-refractivity contribution in [2.75, 3.05) is 7.11 Å². The second-order valence-corrected chi connectivity index (χ2v) is 4.18. The summed E-state index contributed by atoms with van der Waals surface area (Å²) < 4.78 is 5.10. The third-order valence-electron chi connectivity index (χ3n) is 2.83. The molecule has 2 aromatic carbocycles. The molecule has 0 unspecified atom stereocenters. The van der Waals surface area contributed by atoms with Gasteiger partial charge in [-0.1, -0.05) is 42.1 Å². The average Bonchev–Trinajstić information content (AvgIpc) is 2.53. The Kier molecular flexibility index (Phi) is 4.95. The molecule has 2 aromatic rings. The minimum absolute atomic E-state index is 0.245. The summed E-state index contributed by atoms with van der Waals surface area (Å²) in [7, 11) is 1.64. The van der Waals surface area contributed by atoms with E-state index in [4.69, 9.17) is 9.57 Å². The van der Waals surface area contributed by atoms with Gasteiger partial charge in [0.25, 0.3) is 0 Å². The van der Waals surface area contributed by atoms with Gasteiger partial charge in [-0.25, -0.2) is 0 Å². The highest BCUT2D eigenvalue weighted by Crippen LogP contribution is 2.18. The first-order valence-corrected chi connectivity index (χ1v) is 6.34. The molecule has 0 aromatic heterocycles. The zero-order valence-electron chi connectivity index (χ0n) is 11.4.